The molecule has 2 heterocycles. The topological polar surface area (TPSA) is 89.4 Å². The van der Waals surface area contributed by atoms with Gasteiger partial charge in [0.2, 0.25) is 5.91 Å². The van der Waals surface area contributed by atoms with Crippen molar-refractivity contribution >= 4 is 11.8 Å². The van der Waals surface area contributed by atoms with Crippen molar-refractivity contribution in [1.82, 2.24) is 25.2 Å². The fourth-order valence-electron chi connectivity index (χ4n) is 2.36. The summed E-state index contributed by atoms with van der Waals surface area (Å²) in [6.07, 6.45) is 3.08. The molecule has 116 valence electrons. The van der Waals surface area contributed by atoms with E-state index in [1.54, 1.807) is 22.9 Å². The summed E-state index contributed by atoms with van der Waals surface area (Å²) in [6.45, 7) is 4.01. The van der Waals surface area contributed by atoms with Crippen molar-refractivity contribution < 1.29 is 14.3 Å². The molecule has 0 aliphatic carbocycles. The van der Waals surface area contributed by atoms with Gasteiger partial charge in [-0.1, -0.05) is 18.6 Å². The van der Waals surface area contributed by atoms with E-state index in [0.717, 1.165) is 6.42 Å². The normalized spacial score (nSPS) is 18.7. The van der Waals surface area contributed by atoms with E-state index >= 15 is 0 Å². The van der Waals surface area contributed by atoms with E-state index < -0.39 is 6.04 Å². The molecule has 8 nitrogen and oxygen atoms in total. The lowest BCUT2D eigenvalue weighted by Gasteiger charge is -2.34. The Morgan fingerprint density at radius 3 is 3.10 bits per heavy atom. The maximum Gasteiger partial charge on any atom is 0.276 e. The molecule has 1 fully saturated rings. The number of ether oxygens (including phenoxy) is 1. The van der Waals surface area contributed by atoms with E-state index in [9.17, 15) is 9.59 Å². The van der Waals surface area contributed by atoms with Crippen LogP contribution in [0.2, 0.25) is 0 Å². The number of carbonyl (C=O) groups excluding carboxylic acids is 2. The Balaban J connectivity index is 2.09. The molecule has 1 aromatic rings. The molecular weight excluding hydrogens is 274 g/mol. The molecule has 0 radical (unpaired) electrons. The van der Waals surface area contributed by atoms with Gasteiger partial charge in [-0.05, 0) is 6.42 Å². The van der Waals surface area contributed by atoms with E-state index in [4.69, 9.17) is 4.74 Å². The summed E-state index contributed by atoms with van der Waals surface area (Å²) in [5.74, 6) is -0.338. The third-order valence-corrected chi connectivity index (χ3v) is 3.44. The molecule has 0 spiro atoms. The van der Waals surface area contributed by atoms with Crippen LogP contribution in [0.5, 0.6) is 0 Å². The number of nitrogens with one attached hydrogen (secondary N) is 1. The predicted octanol–water partition coefficient (Wildman–Crippen LogP) is -0.335. The molecule has 1 N–H and O–H groups in total. The van der Waals surface area contributed by atoms with Gasteiger partial charge in [0, 0.05) is 20.2 Å². The Morgan fingerprint density at radius 1 is 1.57 bits per heavy atom. The molecule has 1 saturated heterocycles. The first-order chi connectivity index (χ1) is 10.2. The van der Waals surface area contributed by atoms with Gasteiger partial charge in [-0.15, -0.1) is 5.10 Å². The molecule has 1 atom stereocenters. The number of aromatic nitrogens is 3. The van der Waals surface area contributed by atoms with E-state index in [1.807, 2.05) is 6.92 Å². The monoisotopic (exact) mass is 295 g/mol. The maximum atomic E-state index is 12.5. The largest absolute Gasteiger partial charge is 0.383 e. The predicted molar refractivity (Wildman–Crippen MR) is 74.6 cm³/mol. The molecular formula is C13H21N5O3. The maximum absolute atomic E-state index is 12.5. The minimum atomic E-state index is -0.416. The van der Waals surface area contributed by atoms with Crippen molar-refractivity contribution in [2.45, 2.75) is 32.4 Å². The summed E-state index contributed by atoms with van der Waals surface area (Å²) in [5, 5.41) is 10.6. The number of amides is 2. The molecule has 2 rings (SSSR count). The highest BCUT2D eigenvalue weighted by molar-refractivity contribution is 5.96. The van der Waals surface area contributed by atoms with Crippen molar-refractivity contribution in [1.29, 1.82) is 0 Å². The van der Waals surface area contributed by atoms with E-state index in [0.29, 0.717) is 32.7 Å². The number of methoxy groups -OCH3 is 1. The van der Waals surface area contributed by atoms with Crippen LogP contribution in [-0.2, 0) is 16.1 Å². The molecule has 8 heteroatoms. The van der Waals surface area contributed by atoms with Gasteiger partial charge in [-0.3, -0.25) is 9.59 Å². The summed E-state index contributed by atoms with van der Waals surface area (Å²) in [4.78, 5) is 26.0. The molecule has 1 aliphatic rings. The van der Waals surface area contributed by atoms with Gasteiger partial charge in [0.15, 0.2) is 5.69 Å². The lowest BCUT2D eigenvalue weighted by atomic mass is 10.1. The van der Waals surface area contributed by atoms with Crippen molar-refractivity contribution in [2.75, 3.05) is 26.8 Å². The zero-order valence-electron chi connectivity index (χ0n) is 12.4. The van der Waals surface area contributed by atoms with Crippen LogP contribution in [0.25, 0.3) is 0 Å². The third-order valence-electron chi connectivity index (χ3n) is 3.44. The summed E-state index contributed by atoms with van der Waals surface area (Å²) < 4.78 is 6.52. The van der Waals surface area contributed by atoms with Crippen LogP contribution in [-0.4, -0.2) is 64.6 Å². The van der Waals surface area contributed by atoms with Crippen LogP contribution in [0.3, 0.4) is 0 Å². The molecule has 0 saturated carbocycles. The second-order valence-electron chi connectivity index (χ2n) is 4.95. The fourth-order valence-corrected chi connectivity index (χ4v) is 2.36. The first-order valence-electron chi connectivity index (χ1n) is 7.15. The molecule has 0 bridgehead atoms. The van der Waals surface area contributed by atoms with E-state index in [2.05, 4.69) is 15.6 Å². The Kier molecular flexibility index (Phi) is 5.26. The first-order valence-corrected chi connectivity index (χ1v) is 7.15. The molecule has 1 unspecified atom stereocenters. The summed E-state index contributed by atoms with van der Waals surface area (Å²) in [7, 11) is 1.60. The lowest BCUT2D eigenvalue weighted by molar-refractivity contribution is -0.128. The number of piperazine rings is 1. The van der Waals surface area contributed by atoms with Crippen LogP contribution in [0, 0.1) is 0 Å². The minimum absolute atomic E-state index is 0.0942. The SMILES string of the molecule is CCCC1C(=O)NCCN1C(=O)c1cn(CCOC)nn1. The highest BCUT2D eigenvalue weighted by Crippen LogP contribution is 2.14. The highest BCUT2D eigenvalue weighted by Gasteiger charge is 2.33. The van der Waals surface area contributed by atoms with Crippen molar-refractivity contribution in [3.63, 3.8) is 0 Å². The smallest absolute Gasteiger partial charge is 0.276 e. The van der Waals surface area contributed by atoms with Gasteiger partial charge in [0.1, 0.15) is 6.04 Å². The quantitative estimate of drug-likeness (QED) is 0.776. The van der Waals surface area contributed by atoms with Gasteiger partial charge in [-0.2, -0.15) is 0 Å². The van der Waals surface area contributed by atoms with Crippen molar-refractivity contribution in [3.05, 3.63) is 11.9 Å². The van der Waals surface area contributed by atoms with Gasteiger partial charge in [0.25, 0.3) is 5.91 Å². The number of hydrogen-bond donors (Lipinski definition) is 1. The Bertz CT molecular complexity index is 502. The number of hydrogen-bond acceptors (Lipinski definition) is 5. The third kappa shape index (κ3) is 3.57. The number of nitrogens with zero attached hydrogens (tertiary/aromatic N) is 4. The van der Waals surface area contributed by atoms with Crippen molar-refractivity contribution in [2.24, 2.45) is 0 Å². The lowest BCUT2D eigenvalue weighted by Crippen LogP contribution is -2.57. The second-order valence-corrected chi connectivity index (χ2v) is 4.95. The van der Waals surface area contributed by atoms with Crippen LogP contribution < -0.4 is 5.32 Å². The first kappa shape index (κ1) is 15.4. The van der Waals surface area contributed by atoms with Gasteiger partial charge in [0.05, 0.1) is 19.3 Å². The zero-order valence-corrected chi connectivity index (χ0v) is 12.4. The Hall–Kier alpha value is -1.96. The zero-order chi connectivity index (χ0) is 15.2. The summed E-state index contributed by atoms with van der Waals surface area (Å²) >= 11 is 0. The van der Waals surface area contributed by atoms with Crippen LogP contribution >= 0.6 is 0 Å². The van der Waals surface area contributed by atoms with Crippen LogP contribution in [0.15, 0.2) is 6.20 Å². The number of rotatable bonds is 6. The molecule has 1 aliphatic heterocycles. The average molecular weight is 295 g/mol. The summed E-state index contributed by atoms with van der Waals surface area (Å²) in [6, 6.07) is -0.416. The number of carbonyl (C=O) groups is 2. The Morgan fingerprint density at radius 2 is 2.38 bits per heavy atom. The van der Waals surface area contributed by atoms with Crippen molar-refractivity contribution in [3.8, 4) is 0 Å². The standard InChI is InChI=1S/C13H21N5O3/c1-3-4-11-12(19)14-5-6-18(11)13(20)10-9-17(16-15-10)7-8-21-2/h9,11H,3-8H2,1-2H3,(H,14,19). The second kappa shape index (κ2) is 7.16. The molecule has 2 amide bonds. The molecule has 0 aromatic carbocycles. The van der Waals surface area contributed by atoms with E-state index in [1.165, 1.54) is 0 Å². The molecule has 21 heavy (non-hydrogen) atoms. The van der Waals surface area contributed by atoms with Gasteiger partial charge >= 0.3 is 0 Å². The highest BCUT2D eigenvalue weighted by atomic mass is 16.5. The van der Waals surface area contributed by atoms with Crippen LogP contribution in [0.4, 0.5) is 0 Å². The fraction of sp³-hybridized carbons (Fsp3) is 0.692. The minimum Gasteiger partial charge on any atom is -0.383 e. The molecule has 1 aromatic heterocycles. The van der Waals surface area contributed by atoms with E-state index in [-0.39, 0.29) is 17.5 Å². The van der Waals surface area contributed by atoms with Gasteiger partial charge in [-0.25, -0.2) is 4.68 Å². The Labute approximate surface area is 123 Å². The summed E-state index contributed by atoms with van der Waals surface area (Å²) in [5.41, 5.74) is 0.266. The van der Waals surface area contributed by atoms with Gasteiger partial charge < -0.3 is 15.0 Å². The average Bonchev–Trinajstić information content (AvgIpc) is 2.95. The van der Waals surface area contributed by atoms with Crippen LogP contribution in [0.1, 0.15) is 30.3 Å².